The van der Waals surface area contributed by atoms with Crippen molar-refractivity contribution in [2.24, 2.45) is 0 Å². The van der Waals surface area contributed by atoms with Gasteiger partial charge in [0.05, 0.1) is 17.8 Å². The van der Waals surface area contributed by atoms with Crippen LogP contribution in [-0.4, -0.2) is 35.9 Å². The number of ether oxygens (including phenoxy) is 1. The highest BCUT2D eigenvalue weighted by molar-refractivity contribution is 5.97. The number of nitrogens with one attached hydrogen (secondary N) is 2. The van der Waals surface area contributed by atoms with E-state index in [1.165, 1.54) is 0 Å². The number of methoxy groups -OCH3 is 1. The minimum atomic E-state index is -0.106. The zero-order valence-corrected chi connectivity index (χ0v) is 9.86. The third kappa shape index (κ3) is 2.62. The van der Waals surface area contributed by atoms with Crippen molar-refractivity contribution in [1.29, 1.82) is 0 Å². The van der Waals surface area contributed by atoms with E-state index in [1.54, 1.807) is 25.4 Å². The first-order valence-corrected chi connectivity index (χ1v) is 5.45. The first-order chi connectivity index (χ1) is 8.20. The van der Waals surface area contributed by atoms with Crippen LogP contribution in [0.4, 0.5) is 0 Å². The molecular formula is C12H15N3O2. The molecule has 2 rings (SSSR count). The van der Waals surface area contributed by atoms with Crippen molar-refractivity contribution < 1.29 is 9.53 Å². The number of amides is 1. The molecule has 0 aliphatic heterocycles. The molecule has 17 heavy (non-hydrogen) atoms. The number of fused-ring (bicyclic) bond motifs is 1. The van der Waals surface area contributed by atoms with Crippen LogP contribution in [0.1, 0.15) is 17.3 Å². The number of benzene rings is 1. The molecule has 0 aliphatic carbocycles. The lowest BCUT2D eigenvalue weighted by atomic mass is 10.1. The van der Waals surface area contributed by atoms with E-state index in [-0.39, 0.29) is 12.0 Å². The Hall–Kier alpha value is -1.88. The summed E-state index contributed by atoms with van der Waals surface area (Å²) in [7, 11) is 1.62. The lowest BCUT2D eigenvalue weighted by Gasteiger charge is -2.10. The first-order valence-electron chi connectivity index (χ1n) is 5.45. The van der Waals surface area contributed by atoms with Crippen LogP contribution >= 0.6 is 0 Å². The smallest absolute Gasteiger partial charge is 0.251 e. The second-order valence-corrected chi connectivity index (χ2v) is 3.93. The number of hydrogen-bond acceptors (Lipinski definition) is 3. The minimum absolute atomic E-state index is 0.00911. The monoisotopic (exact) mass is 233 g/mol. The van der Waals surface area contributed by atoms with Gasteiger partial charge in [0.15, 0.2) is 0 Å². The number of aromatic nitrogens is 2. The zero-order chi connectivity index (χ0) is 12.3. The molecule has 0 saturated carbocycles. The third-order valence-electron chi connectivity index (χ3n) is 2.66. The Morgan fingerprint density at radius 2 is 2.41 bits per heavy atom. The molecule has 5 heteroatoms. The van der Waals surface area contributed by atoms with Crippen molar-refractivity contribution in [3.8, 4) is 0 Å². The predicted octanol–water partition coefficient (Wildman–Crippen LogP) is 1.33. The number of hydrogen-bond donors (Lipinski definition) is 2. The van der Waals surface area contributed by atoms with E-state index in [4.69, 9.17) is 4.74 Å². The Labute approximate surface area is 99.2 Å². The fraction of sp³-hybridized carbons (Fsp3) is 0.333. The van der Waals surface area contributed by atoms with Gasteiger partial charge in [0.25, 0.3) is 5.91 Å². The second-order valence-electron chi connectivity index (χ2n) is 3.93. The molecule has 0 bridgehead atoms. The molecule has 0 spiro atoms. The molecule has 0 fully saturated rings. The molecule has 1 aromatic heterocycles. The van der Waals surface area contributed by atoms with Gasteiger partial charge in [0.1, 0.15) is 0 Å². The van der Waals surface area contributed by atoms with E-state index in [1.807, 2.05) is 13.0 Å². The maximum Gasteiger partial charge on any atom is 0.251 e. The molecule has 2 aromatic rings. The Morgan fingerprint density at radius 3 is 3.18 bits per heavy atom. The van der Waals surface area contributed by atoms with Gasteiger partial charge in [-0.25, -0.2) is 0 Å². The van der Waals surface area contributed by atoms with E-state index in [0.717, 1.165) is 10.9 Å². The average Bonchev–Trinajstić information content (AvgIpc) is 2.82. The summed E-state index contributed by atoms with van der Waals surface area (Å²) in [6, 6.07) is 5.44. The van der Waals surface area contributed by atoms with Gasteiger partial charge in [0, 0.05) is 24.6 Å². The number of H-pyrrole nitrogens is 1. The van der Waals surface area contributed by atoms with Crippen LogP contribution in [0.2, 0.25) is 0 Å². The molecule has 0 radical (unpaired) electrons. The summed E-state index contributed by atoms with van der Waals surface area (Å²) in [5, 5.41) is 10.5. The lowest BCUT2D eigenvalue weighted by Crippen LogP contribution is -2.31. The van der Waals surface area contributed by atoms with Crippen LogP contribution < -0.4 is 5.32 Å². The van der Waals surface area contributed by atoms with Crippen LogP contribution in [-0.2, 0) is 4.74 Å². The summed E-state index contributed by atoms with van der Waals surface area (Å²) in [5.41, 5.74) is 1.47. The Balaban J connectivity index is 2.08. The molecule has 90 valence electrons. The summed E-state index contributed by atoms with van der Waals surface area (Å²) in [6.45, 7) is 2.40. The van der Waals surface area contributed by atoms with Crippen molar-refractivity contribution in [2.75, 3.05) is 13.7 Å². The van der Waals surface area contributed by atoms with Crippen molar-refractivity contribution in [2.45, 2.75) is 13.0 Å². The summed E-state index contributed by atoms with van der Waals surface area (Å²) in [6.07, 6.45) is 1.74. The molecule has 1 aromatic carbocycles. The predicted molar refractivity (Wildman–Crippen MR) is 64.9 cm³/mol. The average molecular weight is 233 g/mol. The van der Waals surface area contributed by atoms with Crippen LogP contribution in [0.15, 0.2) is 24.4 Å². The van der Waals surface area contributed by atoms with E-state index >= 15 is 0 Å². The standard InChI is InChI=1S/C12H15N3O2/c1-8(17-2)6-13-12(16)9-3-4-10-7-14-15-11(10)5-9/h3-5,7-8H,6H2,1-2H3,(H,13,16)(H,14,15). The Kier molecular flexibility index (Phi) is 3.39. The zero-order valence-electron chi connectivity index (χ0n) is 9.86. The molecule has 1 heterocycles. The Morgan fingerprint density at radius 1 is 1.59 bits per heavy atom. The third-order valence-corrected chi connectivity index (χ3v) is 2.66. The summed E-state index contributed by atoms with van der Waals surface area (Å²) >= 11 is 0. The molecule has 5 nitrogen and oxygen atoms in total. The number of rotatable bonds is 4. The number of carbonyl (C=O) groups excluding carboxylic acids is 1. The van der Waals surface area contributed by atoms with Crippen LogP contribution in [0.25, 0.3) is 10.9 Å². The van der Waals surface area contributed by atoms with Gasteiger partial charge < -0.3 is 10.1 Å². The minimum Gasteiger partial charge on any atom is -0.380 e. The molecular weight excluding hydrogens is 218 g/mol. The highest BCUT2D eigenvalue weighted by atomic mass is 16.5. The molecule has 1 atom stereocenters. The van der Waals surface area contributed by atoms with Gasteiger partial charge in [-0.3, -0.25) is 9.89 Å². The fourth-order valence-electron chi connectivity index (χ4n) is 1.50. The van der Waals surface area contributed by atoms with Gasteiger partial charge in [-0.15, -0.1) is 0 Å². The lowest BCUT2D eigenvalue weighted by molar-refractivity contribution is 0.0870. The SMILES string of the molecule is COC(C)CNC(=O)c1ccc2cn[nH]c2c1. The van der Waals surface area contributed by atoms with Crippen LogP contribution in [0.3, 0.4) is 0 Å². The van der Waals surface area contributed by atoms with Crippen LogP contribution in [0, 0.1) is 0 Å². The summed E-state index contributed by atoms with van der Waals surface area (Å²) in [5.74, 6) is -0.106. The largest absolute Gasteiger partial charge is 0.380 e. The van der Waals surface area contributed by atoms with Crippen molar-refractivity contribution in [3.63, 3.8) is 0 Å². The van der Waals surface area contributed by atoms with Crippen molar-refractivity contribution >= 4 is 16.8 Å². The quantitative estimate of drug-likeness (QED) is 0.837. The van der Waals surface area contributed by atoms with E-state index in [9.17, 15) is 4.79 Å². The maximum absolute atomic E-state index is 11.8. The van der Waals surface area contributed by atoms with Gasteiger partial charge >= 0.3 is 0 Å². The Bertz CT molecular complexity index is 521. The van der Waals surface area contributed by atoms with E-state index in [2.05, 4.69) is 15.5 Å². The van der Waals surface area contributed by atoms with E-state index < -0.39 is 0 Å². The maximum atomic E-state index is 11.8. The molecule has 2 N–H and O–H groups in total. The van der Waals surface area contributed by atoms with Gasteiger partial charge in [-0.05, 0) is 19.1 Å². The van der Waals surface area contributed by atoms with Crippen LogP contribution in [0.5, 0.6) is 0 Å². The van der Waals surface area contributed by atoms with Crippen molar-refractivity contribution in [3.05, 3.63) is 30.0 Å². The molecule has 0 saturated heterocycles. The van der Waals surface area contributed by atoms with Gasteiger partial charge in [0.2, 0.25) is 0 Å². The summed E-state index contributed by atoms with van der Waals surface area (Å²) < 4.78 is 5.06. The first kappa shape index (κ1) is 11.6. The molecule has 1 amide bonds. The number of carbonyl (C=O) groups is 1. The number of nitrogens with zero attached hydrogens (tertiary/aromatic N) is 1. The fourth-order valence-corrected chi connectivity index (χ4v) is 1.50. The highest BCUT2D eigenvalue weighted by Crippen LogP contribution is 2.12. The van der Waals surface area contributed by atoms with Gasteiger partial charge in [-0.2, -0.15) is 5.10 Å². The van der Waals surface area contributed by atoms with Gasteiger partial charge in [-0.1, -0.05) is 6.07 Å². The number of aromatic amines is 1. The summed E-state index contributed by atoms with van der Waals surface area (Å²) in [4.78, 5) is 11.8. The van der Waals surface area contributed by atoms with E-state index in [0.29, 0.717) is 12.1 Å². The highest BCUT2D eigenvalue weighted by Gasteiger charge is 2.08. The molecule has 0 aliphatic rings. The molecule has 1 unspecified atom stereocenters. The normalized spacial score (nSPS) is 12.6. The topological polar surface area (TPSA) is 67.0 Å². The second kappa shape index (κ2) is 4.97. The van der Waals surface area contributed by atoms with Crippen molar-refractivity contribution in [1.82, 2.24) is 15.5 Å².